The normalized spacial score (nSPS) is 20.1. The molecule has 0 bridgehead atoms. The standard InChI is InChI=1S/C44H26O/c1-3-13-31-27(10-1)20-21-29-12-9-19-37(41(29)31)43-35-17-7-5-15-33(35)42(34-16-6-8-18-36(34)43)30-23-24-39-38(26-30)44-32-14-4-2-11-28(32)22-25-40(44)45-39/h1-26H/i1D,2D,3D,4D,5D,6D,7D,8D,9D,10D,11D,12D,13D,14D,15D,16D,17D,18D,19D,20D,21D,22D,23D,24D,25D,26D. The van der Waals surface area contributed by atoms with Gasteiger partial charge in [0.1, 0.15) is 11.2 Å². The van der Waals surface area contributed by atoms with Gasteiger partial charge in [0, 0.05) is 10.8 Å². The molecule has 0 spiro atoms. The van der Waals surface area contributed by atoms with E-state index in [1.54, 1.807) is 0 Å². The maximum Gasteiger partial charge on any atom is 0.136 e. The largest absolute Gasteiger partial charge is 0.456 e. The van der Waals surface area contributed by atoms with Gasteiger partial charge in [0.2, 0.25) is 0 Å². The molecule has 0 saturated carbocycles. The van der Waals surface area contributed by atoms with Crippen LogP contribution in [0.3, 0.4) is 0 Å². The molecule has 10 rings (SSSR count). The van der Waals surface area contributed by atoms with Crippen LogP contribution in [0.2, 0.25) is 0 Å². The van der Waals surface area contributed by atoms with Gasteiger partial charge in [-0.05, 0) is 94.2 Å². The highest BCUT2D eigenvalue weighted by Crippen LogP contribution is 2.47. The van der Waals surface area contributed by atoms with Crippen LogP contribution in [-0.4, -0.2) is 0 Å². The van der Waals surface area contributed by atoms with Gasteiger partial charge in [0.05, 0.1) is 35.6 Å². The van der Waals surface area contributed by atoms with Crippen LogP contribution in [0.15, 0.2) is 162 Å². The average Bonchev–Trinajstić information content (AvgIpc) is 3.75. The molecular formula is C44H26O. The molecule has 45 heavy (non-hydrogen) atoms. The van der Waals surface area contributed by atoms with Crippen molar-refractivity contribution in [2.45, 2.75) is 0 Å². The van der Waals surface area contributed by atoms with E-state index in [1.807, 2.05) is 0 Å². The molecule has 0 aliphatic heterocycles. The maximum atomic E-state index is 9.92. The average molecular weight is 597 g/mol. The van der Waals surface area contributed by atoms with E-state index in [0.717, 1.165) is 0 Å². The smallest absolute Gasteiger partial charge is 0.136 e. The summed E-state index contributed by atoms with van der Waals surface area (Å²) in [6.07, 6.45) is 0. The zero-order valence-corrected chi connectivity index (χ0v) is 22.4. The van der Waals surface area contributed by atoms with Crippen molar-refractivity contribution in [2.24, 2.45) is 0 Å². The summed E-state index contributed by atoms with van der Waals surface area (Å²) in [7, 11) is 0. The third-order valence-corrected chi connectivity index (χ3v) is 7.70. The van der Waals surface area contributed by atoms with Crippen LogP contribution in [0.4, 0.5) is 0 Å². The summed E-state index contributed by atoms with van der Waals surface area (Å²) >= 11 is 0. The second kappa shape index (κ2) is 9.29. The Morgan fingerprint density at radius 2 is 0.867 bits per heavy atom. The summed E-state index contributed by atoms with van der Waals surface area (Å²) in [5.74, 6) is 0. The Kier molecular flexibility index (Phi) is 2.13. The Hall–Kier alpha value is -5.92. The highest BCUT2D eigenvalue weighted by atomic mass is 16.3. The van der Waals surface area contributed by atoms with Crippen LogP contribution in [-0.2, 0) is 0 Å². The summed E-state index contributed by atoms with van der Waals surface area (Å²) in [5, 5.41) is -7.07. The maximum absolute atomic E-state index is 9.92. The molecule has 9 aromatic carbocycles. The van der Waals surface area contributed by atoms with Gasteiger partial charge in [-0.1, -0.05) is 139 Å². The molecular weight excluding hydrogens is 544 g/mol. The van der Waals surface area contributed by atoms with Crippen molar-refractivity contribution in [1.82, 2.24) is 0 Å². The number of benzene rings is 9. The lowest BCUT2D eigenvalue weighted by Gasteiger charge is -2.19. The van der Waals surface area contributed by atoms with Crippen LogP contribution in [0.25, 0.3) is 98.1 Å². The van der Waals surface area contributed by atoms with Gasteiger partial charge in [-0.3, -0.25) is 0 Å². The molecule has 0 radical (unpaired) electrons. The van der Waals surface area contributed by atoms with E-state index in [-0.39, 0.29) is 0 Å². The molecule has 208 valence electrons. The van der Waals surface area contributed by atoms with Crippen molar-refractivity contribution in [1.29, 1.82) is 0 Å². The van der Waals surface area contributed by atoms with E-state index >= 15 is 0 Å². The summed E-state index contributed by atoms with van der Waals surface area (Å²) < 4.78 is 241. The fourth-order valence-corrected chi connectivity index (χ4v) is 5.86. The van der Waals surface area contributed by atoms with Crippen molar-refractivity contribution in [3.8, 4) is 22.3 Å². The molecule has 1 heteroatoms. The third-order valence-electron chi connectivity index (χ3n) is 7.70. The Morgan fingerprint density at radius 1 is 0.356 bits per heavy atom. The number of hydrogen-bond donors (Lipinski definition) is 0. The lowest BCUT2D eigenvalue weighted by atomic mass is 9.84. The SMILES string of the molecule is [2H]c1c(-c2c3c([2H])c([2H])c([2H])c([2H])c3c(-c3c([2H])c([2H])c([2H])c4c([2H])c([2H])c5c([2H])c([2H])c([2H])c([2H])c5c34)c3c([2H])c([2H])c([2H])c([2H])c23)c([2H])c2c(oc3c([2H])c([2H])c4c([2H])c([2H])c([2H])c([2H])c4c32)c1[2H]. The molecule has 1 heterocycles. The van der Waals surface area contributed by atoms with Gasteiger partial charge in [-0.2, -0.15) is 0 Å². The third kappa shape index (κ3) is 3.50. The van der Waals surface area contributed by atoms with Gasteiger partial charge in [-0.25, -0.2) is 0 Å². The zero-order chi connectivity index (χ0) is 52.1. The van der Waals surface area contributed by atoms with Crippen molar-refractivity contribution >= 4 is 75.8 Å². The van der Waals surface area contributed by atoms with Crippen molar-refractivity contribution in [3.05, 3.63) is 157 Å². The van der Waals surface area contributed by atoms with Crippen molar-refractivity contribution in [3.63, 3.8) is 0 Å². The molecule has 0 amide bonds. The number of fused-ring (bicyclic) bond motifs is 10. The lowest BCUT2D eigenvalue weighted by molar-refractivity contribution is 0.669. The lowest BCUT2D eigenvalue weighted by Crippen LogP contribution is -1.92. The Morgan fingerprint density at radius 3 is 1.56 bits per heavy atom. The van der Waals surface area contributed by atoms with Crippen LogP contribution >= 0.6 is 0 Å². The minimum atomic E-state index is -0.988. The molecule has 1 aromatic heterocycles. The first-order valence-electron chi connectivity index (χ1n) is 26.4. The predicted octanol–water partition coefficient (Wildman–Crippen LogP) is 12.7. The Labute approximate surface area is 296 Å². The van der Waals surface area contributed by atoms with Crippen LogP contribution in [0.1, 0.15) is 35.6 Å². The van der Waals surface area contributed by atoms with E-state index in [0.29, 0.717) is 0 Å². The summed E-state index contributed by atoms with van der Waals surface area (Å²) in [6.45, 7) is 0. The van der Waals surface area contributed by atoms with E-state index in [9.17, 15) is 11.0 Å². The molecule has 0 unspecified atom stereocenters. The van der Waals surface area contributed by atoms with E-state index in [2.05, 4.69) is 0 Å². The van der Waals surface area contributed by atoms with Gasteiger partial charge in [0.15, 0.2) is 0 Å². The van der Waals surface area contributed by atoms with Gasteiger partial charge < -0.3 is 4.42 Å². The molecule has 10 aromatic rings. The first-order chi connectivity index (χ1) is 33.2. The summed E-state index contributed by atoms with van der Waals surface area (Å²) in [4.78, 5) is 0. The summed E-state index contributed by atoms with van der Waals surface area (Å²) in [5.41, 5.74) is -4.01. The highest BCUT2D eigenvalue weighted by Gasteiger charge is 2.20. The topological polar surface area (TPSA) is 13.1 Å². The molecule has 0 aliphatic carbocycles. The Balaban J connectivity index is 1.58. The molecule has 0 aliphatic rings. The van der Waals surface area contributed by atoms with Gasteiger partial charge in [-0.15, -0.1) is 0 Å². The second-order valence-electron chi connectivity index (χ2n) is 10.0. The zero-order valence-electron chi connectivity index (χ0n) is 48.4. The second-order valence-corrected chi connectivity index (χ2v) is 10.0. The van der Waals surface area contributed by atoms with Crippen LogP contribution < -0.4 is 0 Å². The minimum Gasteiger partial charge on any atom is -0.456 e. The number of rotatable bonds is 2. The fourth-order valence-electron chi connectivity index (χ4n) is 5.86. The molecule has 0 atom stereocenters. The Bertz CT molecular complexity index is 4210. The van der Waals surface area contributed by atoms with Crippen molar-refractivity contribution < 1.29 is 40.1 Å². The van der Waals surface area contributed by atoms with Crippen LogP contribution in [0, 0.1) is 0 Å². The predicted molar refractivity (Wildman–Crippen MR) is 192 cm³/mol. The first-order valence-corrected chi connectivity index (χ1v) is 13.4. The minimum absolute atomic E-state index is 0.392. The molecule has 0 N–H and O–H groups in total. The number of hydrogen-bond acceptors (Lipinski definition) is 1. The monoisotopic (exact) mass is 596 g/mol. The van der Waals surface area contributed by atoms with E-state index in [1.165, 1.54) is 0 Å². The van der Waals surface area contributed by atoms with E-state index < -0.39 is 255 Å². The fraction of sp³-hybridized carbons (Fsp3) is 0. The van der Waals surface area contributed by atoms with Gasteiger partial charge >= 0.3 is 0 Å². The first kappa shape index (κ1) is 10.3. The quantitative estimate of drug-likeness (QED) is 0.143. The molecule has 0 saturated heterocycles. The van der Waals surface area contributed by atoms with Crippen molar-refractivity contribution in [2.75, 3.05) is 0 Å². The summed E-state index contributed by atoms with van der Waals surface area (Å²) in [6, 6.07) is -23.0. The number of furan rings is 1. The molecule has 0 fully saturated rings. The van der Waals surface area contributed by atoms with Gasteiger partial charge in [0.25, 0.3) is 0 Å². The van der Waals surface area contributed by atoms with E-state index in [4.69, 9.17) is 29.1 Å². The van der Waals surface area contributed by atoms with Crippen LogP contribution in [0.5, 0.6) is 0 Å². The highest BCUT2D eigenvalue weighted by molar-refractivity contribution is 6.27. The molecule has 1 nitrogen and oxygen atoms in total.